The van der Waals surface area contributed by atoms with Crippen LogP contribution in [0.4, 0.5) is 5.82 Å². The molecular formula is C13H19N3O3. The van der Waals surface area contributed by atoms with Gasteiger partial charge in [-0.1, -0.05) is 0 Å². The summed E-state index contributed by atoms with van der Waals surface area (Å²) in [6.07, 6.45) is 1.37. The molecule has 1 atom stereocenters. The highest BCUT2D eigenvalue weighted by atomic mass is 16.5. The molecule has 19 heavy (non-hydrogen) atoms. The lowest BCUT2D eigenvalue weighted by Gasteiger charge is -2.29. The van der Waals surface area contributed by atoms with E-state index in [1.807, 2.05) is 0 Å². The molecule has 1 unspecified atom stereocenters. The average molecular weight is 265 g/mol. The van der Waals surface area contributed by atoms with Crippen molar-refractivity contribution in [2.24, 2.45) is 0 Å². The number of carboxylic acids is 1. The minimum Gasteiger partial charge on any atom is -0.478 e. The quantitative estimate of drug-likeness (QED) is 0.824. The molecule has 2 N–H and O–H groups in total. The smallest absolute Gasteiger partial charge is 0.337 e. The lowest BCUT2D eigenvalue weighted by atomic mass is 10.2. The number of hydrogen-bond acceptors (Lipinski definition) is 5. The van der Waals surface area contributed by atoms with E-state index in [9.17, 15) is 4.79 Å². The summed E-state index contributed by atoms with van der Waals surface area (Å²) in [4.78, 5) is 17.2. The fourth-order valence-corrected chi connectivity index (χ4v) is 2.07. The normalized spacial score (nSPS) is 17.9. The van der Waals surface area contributed by atoms with Gasteiger partial charge in [0.2, 0.25) is 0 Å². The maximum Gasteiger partial charge on any atom is 0.337 e. The molecule has 0 amide bonds. The second kappa shape index (κ2) is 6.49. The van der Waals surface area contributed by atoms with Crippen molar-refractivity contribution in [3.05, 3.63) is 23.9 Å². The van der Waals surface area contributed by atoms with Crippen LogP contribution in [0.5, 0.6) is 0 Å². The Morgan fingerprint density at radius 2 is 2.26 bits per heavy atom. The van der Waals surface area contributed by atoms with Gasteiger partial charge in [0.05, 0.1) is 18.8 Å². The van der Waals surface area contributed by atoms with Crippen LogP contribution >= 0.6 is 0 Å². The molecule has 0 radical (unpaired) electrons. The molecule has 1 saturated heterocycles. The third-order valence-corrected chi connectivity index (χ3v) is 3.04. The van der Waals surface area contributed by atoms with Crippen LogP contribution in [-0.2, 0) is 4.74 Å². The van der Waals surface area contributed by atoms with Crippen LogP contribution in [0.15, 0.2) is 18.3 Å². The summed E-state index contributed by atoms with van der Waals surface area (Å²) >= 11 is 0. The van der Waals surface area contributed by atoms with E-state index in [0.29, 0.717) is 5.82 Å². The molecule has 1 aliphatic rings. The molecule has 6 heteroatoms. The zero-order valence-electron chi connectivity index (χ0n) is 11.0. The first kappa shape index (κ1) is 13.8. The summed E-state index contributed by atoms with van der Waals surface area (Å²) in [6.45, 7) is 6.50. The Kier molecular flexibility index (Phi) is 4.70. The molecule has 1 fully saturated rings. The monoisotopic (exact) mass is 265 g/mol. The van der Waals surface area contributed by atoms with Crippen LogP contribution in [0.2, 0.25) is 0 Å². The second-order valence-corrected chi connectivity index (χ2v) is 4.70. The summed E-state index contributed by atoms with van der Waals surface area (Å²) in [5.74, 6) is -0.258. The summed E-state index contributed by atoms with van der Waals surface area (Å²) in [6, 6.07) is 3.50. The average Bonchev–Trinajstić information content (AvgIpc) is 2.40. The van der Waals surface area contributed by atoms with Gasteiger partial charge >= 0.3 is 5.97 Å². The van der Waals surface area contributed by atoms with Crippen molar-refractivity contribution in [1.29, 1.82) is 0 Å². The maximum atomic E-state index is 10.7. The van der Waals surface area contributed by atoms with Gasteiger partial charge in [-0.25, -0.2) is 9.78 Å². The third-order valence-electron chi connectivity index (χ3n) is 3.04. The van der Waals surface area contributed by atoms with Gasteiger partial charge in [0, 0.05) is 31.9 Å². The van der Waals surface area contributed by atoms with Crippen molar-refractivity contribution >= 4 is 11.8 Å². The number of hydrogen-bond donors (Lipinski definition) is 2. The number of carboxylic acid groups (broad SMARTS) is 1. The molecule has 1 aromatic heterocycles. The van der Waals surface area contributed by atoms with Gasteiger partial charge in [0.25, 0.3) is 0 Å². The molecule has 0 spiro atoms. The largest absolute Gasteiger partial charge is 0.478 e. The number of carbonyl (C=O) groups is 1. The third kappa shape index (κ3) is 4.18. The molecule has 1 aliphatic heterocycles. The maximum absolute atomic E-state index is 10.7. The number of morpholine rings is 1. The van der Waals surface area contributed by atoms with E-state index in [-0.39, 0.29) is 11.6 Å². The fraction of sp³-hybridized carbons (Fsp3) is 0.538. The minimum atomic E-state index is -0.958. The molecule has 2 rings (SSSR count). The first-order chi connectivity index (χ1) is 9.15. The van der Waals surface area contributed by atoms with E-state index in [2.05, 4.69) is 22.1 Å². The topological polar surface area (TPSA) is 74.7 Å². The Morgan fingerprint density at radius 1 is 1.53 bits per heavy atom. The van der Waals surface area contributed by atoms with Gasteiger partial charge < -0.3 is 15.2 Å². The number of ether oxygens (including phenoxy) is 1. The standard InChI is InChI=1S/C13H19N3O3/c1-10(9-16-4-6-19-7-5-16)15-12-3-2-11(8-14-12)13(17)18/h2-3,8,10H,4-7,9H2,1H3,(H,14,15)(H,17,18). The SMILES string of the molecule is CC(CN1CCOCC1)Nc1ccc(C(=O)O)cn1. The highest BCUT2D eigenvalue weighted by Gasteiger charge is 2.13. The van der Waals surface area contributed by atoms with Crippen LogP contribution in [0.25, 0.3) is 0 Å². The summed E-state index contributed by atoms with van der Waals surface area (Å²) in [5.41, 5.74) is 0.200. The summed E-state index contributed by atoms with van der Waals surface area (Å²) in [7, 11) is 0. The molecule has 0 bridgehead atoms. The number of pyridine rings is 1. The molecular weight excluding hydrogens is 246 g/mol. The summed E-state index contributed by atoms with van der Waals surface area (Å²) in [5, 5.41) is 12.1. The van der Waals surface area contributed by atoms with Gasteiger partial charge in [-0.15, -0.1) is 0 Å². The molecule has 104 valence electrons. The Hall–Kier alpha value is -1.66. The molecule has 6 nitrogen and oxygen atoms in total. The van der Waals surface area contributed by atoms with Crippen LogP contribution in [0.3, 0.4) is 0 Å². The zero-order valence-corrected chi connectivity index (χ0v) is 11.0. The van der Waals surface area contributed by atoms with E-state index in [1.165, 1.54) is 6.20 Å². The van der Waals surface area contributed by atoms with Gasteiger partial charge in [0.15, 0.2) is 0 Å². The van der Waals surface area contributed by atoms with Crippen molar-refractivity contribution in [2.45, 2.75) is 13.0 Å². The molecule has 1 aromatic rings. The summed E-state index contributed by atoms with van der Waals surface area (Å²) < 4.78 is 5.31. The highest BCUT2D eigenvalue weighted by molar-refractivity contribution is 5.87. The van der Waals surface area contributed by atoms with E-state index in [1.54, 1.807) is 12.1 Å². The van der Waals surface area contributed by atoms with Crippen molar-refractivity contribution in [3.8, 4) is 0 Å². The zero-order chi connectivity index (χ0) is 13.7. The van der Waals surface area contributed by atoms with Crippen LogP contribution < -0.4 is 5.32 Å². The molecule has 0 aromatic carbocycles. The Labute approximate surface area is 112 Å². The Morgan fingerprint density at radius 3 is 2.84 bits per heavy atom. The molecule has 0 saturated carbocycles. The highest BCUT2D eigenvalue weighted by Crippen LogP contribution is 2.08. The second-order valence-electron chi connectivity index (χ2n) is 4.70. The first-order valence-corrected chi connectivity index (χ1v) is 6.41. The van der Waals surface area contributed by atoms with Crippen molar-refractivity contribution in [3.63, 3.8) is 0 Å². The predicted octanol–water partition coefficient (Wildman–Crippen LogP) is 0.912. The molecule has 2 heterocycles. The van der Waals surface area contributed by atoms with E-state index in [4.69, 9.17) is 9.84 Å². The van der Waals surface area contributed by atoms with E-state index in [0.717, 1.165) is 32.8 Å². The number of rotatable bonds is 5. The minimum absolute atomic E-state index is 0.200. The van der Waals surface area contributed by atoms with E-state index < -0.39 is 5.97 Å². The first-order valence-electron chi connectivity index (χ1n) is 6.41. The Bertz CT molecular complexity index is 416. The van der Waals surface area contributed by atoms with Crippen molar-refractivity contribution in [1.82, 2.24) is 9.88 Å². The lowest BCUT2D eigenvalue weighted by Crippen LogP contribution is -2.42. The van der Waals surface area contributed by atoms with Gasteiger partial charge in [0.1, 0.15) is 5.82 Å². The number of aromatic nitrogens is 1. The van der Waals surface area contributed by atoms with Crippen LogP contribution in [0.1, 0.15) is 17.3 Å². The number of aromatic carboxylic acids is 1. The number of nitrogens with zero attached hydrogens (tertiary/aromatic N) is 2. The predicted molar refractivity (Wildman–Crippen MR) is 71.5 cm³/mol. The van der Waals surface area contributed by atoms with Crippen molar-refractivity contribution in [2.75, 3.05) is 38.2 Å². The van der Waals surface area contributed by atoms with Gasteiger partial charge in [-0.05, 0) is 19.1 Å². The number of anilines is 1. The van der Waals surface area contributed by atoms with Gasteiger partial charge in [-0.3, -0.25) is 4.90 Å². The lowest BCUT2D eigenvalue weighted by molar-refractivity contribution is 0.0368. The van der Waals surface area contributed by atoms with Crippen LogP contribution in [0, 0.1) is 0 Å². The Balaban J connectivity index is 1.83. The van der Waals surface area contributed by atoms with Crippen molar-refractivity contribution < 1.29 is 14.6 Å². The van der Waals surface area contributed by atoms with Crippen LogP contribution in [-0.4, -0.2) is 59.8 Å². The van der Waals surface area contributed by atoms with Gasteiger partial charge in [-0.2, -0.15) is 0 Å². The van der Waals surface area contributed by atoms with E-state index >= 15 is 0 Å². The molecule has 0 aliphatic carbocycles. The number of nitrogens with one attached hydrogen (secondary N) is 1. The fourth-order valence-electron chi connectivity index (χ4n) is 2.07.